The van der Waals surface area contributed by atoms with Gasteiger partial charge in [0.15, 0.2) is 0 Å². The number of hydrogen-bond acceptors (Lipinski definition) is 2. The van der Waals surface area contributed by atoms with E-state index in [1.807, 2.05) is 12.1 Å². The Labute approximate surface area is 132 Å². The van der Waals surface area contributed by atoms with Gasteiger partial charge >= 0.3 is 0 Å². The van der Waals surface area contributed by atoms with Crippen LogP contribution in [0.15, 0.2) is 34.1 Å². The highest BCUT2D eigenvalue weighted by Crippen LogP contribution is 2.32. The number of nitrogens with one attached hydrogen (secondary N) is 1. The van der Waals surface area contributed by atoms with Crippen LogP contribution in [0, 0.1) is 6.92 Å². The minimum absolute atomic E-state index is 0.227. The van der Waals surface area contributed by atoms with Crippen molar-refractivity contribution in [2.24, 2.45) is 0 Å². The molecule has 1 aromatic heterocycles. The van der Waals surface area contributed by atoms with Crippen LogP contribution in [0.1, 0.15) is 35.4 Å². The largest absolute Gasteiger partial charge is 0.306 e. The third kappa shape index (κ3) is 3.60. The number of aryl methyl sites for hydroxylation is 1. The monoisotopic (exact) mass is 357 g/mol. The first-order valence-corrected chi connectivity index (χ1v) is 8.41. The molecule has 0 saturated carbocycles. The van der Waals surface area contributed by atoms with Crippen LogP contribution in [0.25, 0.3) is 0 Å². The molecule has 0 bridgehead atoms. The van der Waals surface area contributed by atoms with E-state index in [4.69, 9.17) is 11.6 Å². The predicted molar refractivity (Wildman–Crippen MR) is 88.3 cm³/mol. The fourth-order valence-electron chi connectivity index (χ4n) is 2.02. The van der Waals surface area contributed by atoms with Gasteiger partial charge in [0, 0.05) is 9.35 Å². The van der Waals surface area contributed by atoms with E-state index >= 15 is 0 Å². The molecule has 0 amide bonds. The standard InChI is InChI=1S/C15H17BrClNS/c1-3-7-18-14(15-10(2)6-8-19-15)11-4-5-12(16)13(17)9-11/h4-6,8-9,14,18H,3,7H2,1-2H3. The molecule has 0 radical (unpaired) electrons. The van der Waals surface area contributed by atoms with Crippen LogP contribution < -0.4 is 5.32 Å². The lowest BCUT2D eigenvalue weighted by molar-refractivity contribution is 0.604. The Hall–Kier alpha value is -0.350. The van der Waals surface area contributed by atoms with Crippen molar-refractivity contribution in [3.05, 3.63) is 55.1 Å². The number of rotatable bonds is 5. The van der Waals surface area contributed by atoms with Crippen molar-refractivity contribution in [1.29, 1.82) is 0 Å². The molecule has 1 atom stereocenters. The molecule has 0 aliphatic carbocycles. The second kappa shape index (κ2) is 6.89. The third-order valence-electron chi connectivity index (χ3n) is 3.04. The molecule has 0 aliphatic rings. The van der Waals surface area contributed by atoms with Crippen molar-refractivity contribution < 1.29 is 0 Å². The summed E-state index contributed by atoms with van der Waals surface area (Å²) in [5.74, 6) is 0. The number of thiophene rings is 1. The molecule has 1 nitrogen and oxygen atoms in total. The Bertz CT molecular complexity index is 553. The Morgan fingerprint density at radius 1 is 1.37 bits per heavy atom. The van der Waals surface area contributed by atoms with Crippen LogP contribution >= 0.6 is 38.9 Å². The fraction of sp³-hybridized carbons (Fsp3) is 0.333. The average Bonchev–Trinajstić information content (AvgIpc) is 2.80. The minimum Gasteiger partial charge on any atom is -0.306 e. The van der Waals surface area contributed by atoms with Gasteiger partial charge in [0.25, 0.3) is 0 Å². The van der Waals surface area contributed by atoms with E-state index in [-0.39, 0.29) is 6.04 Å². The SMILES string of the molecule is CCCNC(c1ccc(Br)c(Cl)c1)c1sccc1C. The molecule has 19 heavy (non-hydrogen) atoms. The topological polar surface area (TPSA) is 12.0 Å². The molecular weight excluding hydrogens is 342 g/mol. The quantitative estimate of drug-likeness (QED) is 0.737. The van der Waals surface area contributed by atoms with Crippen molar-refractivity contribution in [1.82, 2.24) is 5.32 Å². The van der Waals surface area contributed by atoms with Gasteiger partial charge < -0.3 is 5.32 Å². The first-order chi connectivity index (χ1) is 9.13. The van der Waals surface area contributed by atoms with E-state index in [2.05, 4.69) is 52.6 Å². The zero-order valence-corrected chi connectivity index (χ0v) is 14.2. The van der Waals surface area contributed by atoms with Crippen LogP contribution in [0.2, 0.25) is 5.02 Å². The summed E-state index contributed by atoms with van der Waals surface area (Å²) in [5, 5.41) is 6.52. The summed E-state index contributed by atoms with van der Waals surface area (Å²) in [5.41, 5.74) is 2.55. The van der Waals surface area contributed by atoms with E-state index in [1.165, 1.54) is 16.0 Å². The Balaban J connectivity index is 2.37. The number of halogens is 2. The minimum atomic E-state index is 0.227. The first-order valence-electron chi connectivity index (χ1n) is 6.35. The molecular formula is C15H17BrClNS. The van der Waals surface area contributed by atoms with Crippen LogP contribution in [0.3, 0.4) is 0 Å². The molecule has 0 spiro atoms. The second-order valence-corrected chi connectivity index (χ2v) is 6.74. The van der Waals surface area contributed by atoms with Crippen molar-refractivity contribution >= 4 is 38.9 Å². The van der Waals surface area contributed by atoms with E-state index in [0.29, 0.717) is 0 Å². The lowest BCUT2D eigenvalue weighted by atomic mass is 10.0. The van der Waals surface area contributed by atoms with Crippen LogP contribution in [0.5, 0.6) is 0 Å². The highest BCUT2D eigenvalue weighted by molar-refractivity contribution is 9.10. The van der Waals surface area contributed by atoms with E-state index in [9.17, 15) is 0 Å². The normalized spacial score (nSPS) is 12.6. The van der Waals surface area contributed by atoms with Gasteiger partial charge in [-0.25, -0.2) is 0 Å². The van der Waals surface area contributed by atoms with Gasteiger partial charge in [-0.15, -0.1) is 11.3 Å². The second-order valence-electron chi connectivity index (χ2n) is 4.53. The van der Waals surface area contributed by atoms with E-state index < -0.39 is 0 Å². The molecule has 1 aromatic carbocycles. The highest BCUT2D eigenvalue weighted by Gasteiger charge is 2.17. The number of hydrogen-bond donors (Lipinski definition) is 1. The maximum Gasteiger partial charge on any atom is 0.0674 e. The summed E-state index contributed by atoms with van der Waals surface area (Å²) < 4.78 is 0.940. The van der Waals surface area contributed by atoms with Gasteiger partial charge in [-0.05, 0) is 70.5 Å². The van der Waals surface area contributed by atoms with Crippen LogP contribution in [0.4, 0.5) is 0 Å². The highest BCUT2D eigenvalue weighted by atomic mass is 79.9. The molecule has 4 heteroatoms. The molecule has 1 N–H and O–H groups in total. The van der Waals surface area contributed by atoms with Gasteiger partial charge in [0.1, 0.15) is 0 Å². The zero-order valence-electron chi connectivity index (χ0n) is 11.0. The van der Waals surface area contributed by atoms with Crippen molar-refractivity contribution in [3.63, 3.8) is 0 Å². The third-order valence-corrected chi connectivity index (χ3v) is 5.36. The lowest BCUT2D eigenvalue weighted by Crippen LogP contribution is -2.23. The van der Waals surface area contributed by atoms with E-state index in [0.717, 1.165) is 22.5 Å². The van der Waals surface area contributed by atoms with Crippen LogP contribution in [-0.4, -0.2) is 6.54 Å². The van der Waals surface area contributed by atoms with Gasteiger partial charge in [-0.3, -0.25) is 0 Å². The molecule has 2 rings (SSSR count). The van der Waals surface area contributed by atoms with Gasteiger partial charge in [0.2, 0.25) is 0 Å². The Morgan fingerprint density at radius 2 is 2.16 bits per heavy atom. The molecule has 0 fully saturated rings. The summed E-state index contributed by atoms with van der Waals surface area (Å²) in [6, 6.07) is 8.58. The molecule has 2 aromatic rings. The van der Waals surface area contributed by atoms with Gasteiger partial charge in [-0.2, -0.15) is 0 Å². The molecule has 0 aliphatic heterocycles. The fourth-order valence-corrected chi connectivity index (χ4v) is 3.49. The molecule has 1 heterocycles. The van der Waals surface area contributed by atoms with Gasteiger partial charge in [0.05, 0.1) is 11.1 Å². The van der Waals surface area contributed by atoms with Gasteiger partial charge in [-0.1, -0.05) is 24.6 Å². The summed E-state index contributed by atoms with van der Waals surface area (Å²) in [6.07, 6.45) is 1.12. The van der Waals surface area contributed by atoms with Crippen molar-refractivity contribution in [2.45, 2.75) is 26.3 Å². The Morgan fingerprint density at radius 3 is 2.74 bits per heavy atom. The Kier molecular flexibility index (Phi) is 5.46. The molecule has 102 valence electrons. The smallest absolute Gasteiger partial charge is 0.0674 e. The summed E-state index contributed by atoms with van der Waals surface area (Å²) in [6.45, 7) is 5.34. The number of benzene rings is 1. The average molecular weight is 359 g/mol. The summed E-state index contributed by atoms with van der Waals surface area (Å²) in [4.78, 5) is 1.37. The van der Waals surface area contributed by atoms with Crippen molar-refractivity contribution in [3.8, 4) is 0 Å². The predicted octanol–water partition coefficient (Wildman–Crippen LogP) is 5.56. The summed E-state index contributed by atoms with van der Waals surface area (Å²) in [7, 11) is 0. The molecule has 1 unspecified atom stereocenters. The zero-order chi connectivity index (χ0) is 13.8. The van der Waals surface area contributed by atoms with Crippen molar-refractivity contribution in [2.75, 3.05) is 6.54 Å². The maximum absolute atomic E-state index is 6.22. The van der Waals surface area contributed by atoms with Crippen LogP contribution in [-0.2, 0) is 0 Å². The first kappa shape index (κ1) is 15.0. The lowest BCUT2D eigenvalue weighted by Gasteiger charge is -2.19. The summed E-state index contributed by atoms with van der Waals surface area (Å²) >= 11 is 11.5. The van der Waals surface area contributed by atoms with E-state index in [1.54, 1.807) is 11.3 Å². The molecule has 0 saturated heterocycles. The maximum atomic E-state index is 6.22.